The molecule has 0 radical (unpaired) electrons. The van der Waals surface area contributed by atoms with E-state index in [1.165, 1.54) is 24.8 Å². The first-order chi connectivity index (χ1) is 9.10. The van der Waals surface area contributed by atoms with Crippen molar-refractivity contribution in [1.29, 1.82) is 0 Å². The highest BCUT2D eigenvalue weighted by Gasteiger charge is 2.39. The van der Waals surface area contributed by atoms with Crippen LogP contribution in [0.15, 0.2) is 18.2 Å². The van der Waals surface area contributed by atoms with Crippen LogP contribution in [0.2, 0.25) is 0 Å². The second-order valence-corrected chi connectivity index (χ2v) is 6.22. The van der Waals surface area contributed by atoms with Crippen molar-refractivity contribution >= 4 is 17.3 Å². The fraction of sp³-hybridized carbons (Fsp3) is 0.562. The number of rotatable bonds is 1. The monoisotopic (exact) mass is 258 g/mol. The third-order valence-corrected chi connectivity index (χ3v) is 4.72. The van der Waals surface area contributed by atoms with Crippen LogP contribution in [0.1, 0.15) is 44.6 Å². The van der Waals surface area contributed by atoms with E-state index in [1.54, 1.807) is 0 Å². The first kappa shape index (κ1) is 12.5. The summed E-state index contributed by atoms with van der Waals surface area (Å²) in [5.74, 6) is 0.302. The van der Waals surface area contributed by atoms with Crippen molar-refractivity contribution in [1.82, 2.24) is 0 Å². The van der Waals surface area contributed by atoms with Gasteiger partial charge in [-0.3, -0.25) is 4.79 Å². The topological polar surface area (TPSA) is 46.3 Å². The number of fused-ring (bicyclic) bond motifs is 1. The molecule has 1 aliphatic heterocycles. The Labute approximate surface area is 114 Å². The fourth-order valence-electron chi connectivity index (χ4n) is 3.48. The van der Waals surface area contributed by atoms with Gasteiger partial charge in [0.15, 0.2) is 0 Å². The minimum Gasteiger partial charge on any atom is -0.399 e. The summed E-state index contributed by atoms with van der Waals surface area (Å²) < 4.78 is 0. The van der Waals surface area contributed by atoms with E-state index in [-0.39, 0.29) is 5.41 Å². The van der Waals surface area contributed by atoms with E-state index in [0.29, 0.717) is 5.91 Å². The molecule has 3 heteroatoms. The highest BCUT2D eigenvalue weighted by molar-refractivity contribution is 5.99. The molecule has 1 aromatic carbocycles. The first-order valence-electron chi connectivity index (χ1n) is 7.30. The van der Waals surface area contributed by atoms with Gasteiger partial charge in [-0.2, -0.15) is 0 Å². The molecule has 0 spiro atoms. The quantitative estimate of drug-likeness (QED) is 0.787. The summed E-state index contributed by atoms with van der Waals surface area (Å²) in [6.45, 7) is 2.95. The minimum absolute atomic E-state index is 0.162. The molecule has 0 saturated heterocycles. The SMILES string of the molecule is CC1(C(=O)N2CCc3ccc(N)cc32)CCCCC1. The maximum atomic E-state index is 12.9. The van der Waals surface area contributed by atoms with Crippen LogP contribution in [0.4, 0.5) is 11.4 Å². The van der Waals surface area contributed by atoms with E-state index in [2.05, 4.69) is 13.0 Å². The Kier molecular flexibility index (Phi) is 3.00. The summed E-state index contributed by atoms with van der Waals surface area (Å²) in [7, 11) is 0. The second-order valence-electron chi connectivity index (χ2n) is 6.22. The van der Waals surface area contributed by atoms with Gasteiger partial charge in [-0.25, -0.2) is 0 Å². The maximum Gasteiger partial charge on any atom is 0.232 e. The molecule has 0 aromatic heterocycles. The van der Waals surface area contributed by atoms with Gasteiger partial charge in [0.1, 0.15) is 0 Å². The zero-order chi connectivity index (χ0) is 13.5. The third kappa shape index (κ3) is 2.11. The molecule has 1 aromatic rings. The molecule has 1 aliphatic carbocycles. The predicted molar refractivity (Wildman–Crippen MR) is 78.1 cm³/mol. The highest BCUT2D eigenvalue weighted by Crippen LogP contribution is 2.40. The number of nitrogens with two attached hydrogens (primary N) is 1. The lowest BCUT2D eigenvalue weighted by molar-refractivity contribution is -0.128. The van der Waals surface area contributed by atoms with Gasteiger partial charge in [0.2, 0.25) is 5.91 Å². The van der Waals surface area contributed by atoms with Crippen LogP contribution < -0.4 is 10.6 Å². The van der Waals surface area contributed by atoms with Gasteiger partial charge in [0.25, 0.3) is 0 Å². The van der Waals surface area contributed by atoms with Gasteiger partial charge in [0.05, 0.1) is 0 Å². The van der Waals surface area contributed by atoms with E-state index in [4.69, 9.17) is 5.73 Å². The molecule has 1 saturated carbocycles. The number of amides is 1. The molecule has 1 heterocycles. The fourth-order valence-corrected chi connectivity index (χ4v) is 3.48. The van der Waals surface area contributed by atoms with Gasteiger partial charge in [-0.05, 0) is 37.0 Å². The summed E-state index contributed by atoms with van der Waals surface area (Å²) in [5, 5.41) is 0. The molecule has 102 valence electrons. The molecule has 1 amide bonds. The van der Waals surface area contributed by atoms with Gasteiger partial charge >= 0.3 is 0 Å². The smallest absolute Gasteiger partial charge is 0.232 e. The van der Waals surface area contributed by atoms with E-state index in [9.17, 15) is 4.79 Å². The average molecular weight is 258 g/mol. The lowest BCUT2D eigenvalue weighted by Gasteiger charge is -2.35. The lowest BCUT2D eigenvalue weighted by Crippen LogP contribution is -2.42. The van der Waals surface area contributed by atoms with Gasteiger partial charge in [-0.1, -0.05) is 32.3 Å². The van der Waals surface area contributed by atoms with Crippen molar-refractivity contribution in [3.8, 4) is 0 Å². The van der Waals surface area contributed by atoms with E-state index < -0.39 is 0 Å². The Morgan fingerprint density at radius 1 is 1.26 bits per heavy atom. The number of hydrogen-bond donors (Lipinski definition) is 1. The zero-order valence-corrected chi connectivity index (χ0v) is 11.6. The number of nitrogen functional groups attached to an aromatic ring is 1. The van der Waals surface area contributed by atoms with E-state index >= 15 is 0 Å². The Morgan fingerprint density at radius 2 is 2.00 bits per heavy atom. The normalized spacial score (nSPS) is 21.2. The number of anilines is 2. The average Bonchev–Trinajstić information content (AvgIpc) is 2.81. The Morgan fingerprint density at radius 3 is 2.74 bits per heavy atom. The molecule has 0 bridgehead atoms. The van der Waals surface area contributed by atoms with Crippen molar-refractivity contribution in [2.45, 2.75) is 45.4 Å². The minimum atomic E-state index is -0.162. The van der Waals surface area contributed by atoms with Gasteiger partial charge < -0.3 is 10.6 Å². The number of hydrogen-bond acceptors (Lipinski definition) is 2. The van der Waals surface area contributed by atoms with Gasteiger partial charge in [-0.15, -0.1) is 0 Å². The zero-order valence-electron chi connectivity index (χ0n) is 11.6. The molecule has 1 fully saturated rings. The summed E-state index contributed by atoms with van der Waals surface area (Å²) >= 11 is 0. The highest BCUT2D eigenvalue weighted by atomic mass is 16.2. The van der Waals surface area contributed by atoms with Crippen LogP contribution in [-0.4, -0.2) is 12.5 Å². The van der Waals surface area contributed by atoms with Crippen molar-refractivity contribution in [2.24, 2.45) is 5.41 Å². The molecule has 3 nitrogen and oxygen atoms in total. The molecule has 3 rings (SSSR count). The van der Waals surface area contributed by atoms with Crippen molar-refractivity contribution in [2.75, 3.05) is 17.2 Å². The maximum absolute atomic E-state index is 12.9. The Bertz CT molecular complexity index is 503. The van der Waals surface area contributed by atoms with E-state index in [0.717, 1.165) is 37.2 Å². The Hall–Kier alpha value is -1.51. The van der Waals surface area contributed by atoms with Crippen molar-refractivity contribution in [3.63, 3.8) is 0 Å². The molecule has 2 N–H and O–H groups in total. The summed E-state index contributed by atoms with van der Waals surface area (Å²) in [4.78, 5) is 14.9. The third-order valence-electron chi connectivity index (χ3n) is 4.72. The summed E-state index contributed by atoms with van der Waals surface area (Å²) in [6.07, 6.45) is 6.64. The van der Waals surface area contributed by atoms with Crippen LogP contribution in [-0.2, 0) is 11.2 Å². The number of benzene rings is 1. The van der Waals surface area contributed by atoms with Crippen LogP contribution in [0, 0.1) is 5.41 Å². The van der Waals surface area contributed by atoms with Crippen LogP contribution in [0.5, 0.6) is 0 Å². The second kappa shape index (κ2) is 4.55. The van der Waals surface area contributed by atoms with E-state index in [1.807, 2.05) is 17.0 Å². The number of carbonyl (C=O) groups excluding carboxylic acids is 1. The molecule has 2 aliphatic rings. The molecular weight excluding hydrogens is 236 g/mol. The molecule has 0 unspecified atom stereocenters. The molecule has 19 heavy (non-hydrogen) atoms. The molecular formula is C16H22N2O. The van der Waals surface area contributed by atoms with Gasteiger partial charge in [0, 0.05) is 23.3 Å². The standard InChI is InChI=1S/C16H22N2O/c1-16(8-3-2-4-9-16)15(19)18-10-7-12-5-6-13(17)11-14(12)18/h5-6,11H,2-4,7-10,17H2,1H3. The summed E-state index contributed by atoms with van der Waals surface area (Å²) in [5.41, 5.74) is 8.74. The largest absolute Gasteiger partial charge is 0.399 e. The Balaban J connectivity index is 1.88. The molecule has 0 atom stereocenters. The predicted octanol–water partition coefficient (Wildman–Crippen LogP) is 3.13. The number of carbonyl (C=O) groups is 1. The lowest BCUT2D eigenvalue weighted by atomic mass is 9.74. The van der Waals surface area contributed by atoms with Crippen molar-refractivity contribution in [3.05, 3.63) is 23.8 Å². The van der Waals surface area contributed by atoms with Crippen molar-refractivity contribution < 1.29 is 4.79 Å². The van der Waals surface area contributed by atoms with Crippen LogP contribution in [0.3, 0.4) is 0 Å². The first-order valence-corrected chi connectivity index (χ1v) is 7.30. The summed E-state index contributed by atoms with van der Waals surface area (Å²) in [6, 6.07) is 5.93. The van der Waals surface area contributed by atoms with Crippen LogP contribution >= 0.6 is 0 Å². The number of nitrogens with zero attached hydrogens (tertiary/aromatic N) is 1. The van der Waals surface area contributed by atoms with Crippen LogP contribution in [0.25, 0.3) is 0 Å².